The highest BCUT2D eigenvalue weighted by Gasteiger charge is 2.31. The topological polar surface area (TPSA) is 144 Å². The number of benzene rings is 2. The maximum absolute atomic E-state index is 13.3. The number of nitrogens with zero attached hydrogens (tertiary/aromatic N) is 5. The number of primary amides is 1. The van der Waals surface area contributed by atoms with Crippen molar-refractivity contribution in [1.82, 2.24) is 25.2 Å². The van der Waals surface area contributed by atoms with E-state index in [1.165, 1.54) is 0 Å². The quantitative estimate of drug-likeness (QED) is 0.344. The van der Waals surface area contributed by atoms with E-state index in [1.54, 1.807) is 12.1 Å². The average molecular weight is 582 g/mol. The fourth-order valence-electron chi connectivity index (χ4n) is 6.39. The summed E-state index contributed by atoms with van der Waals surface area (Å²) in [5, 5.41) is 10.9. The van der Waals surface area contributed by atoms with Crippen LogP contribution >= 0.6 is 0 Å². The Morgan fingerprint density at radius 2 is 1.70 bits per heavy atom. The third-order valence-electron chi connectivity index (χ3n) is 8.96. The van der Waals surface area contributed by atoms with Crippen molar-refractivity contribution in [1.29, 1.82) is 0 Å². The van der Waals surface area contributed by atoms with Crippen LogP contribution in [0.25, 0.3) is 10.9 Å². The second-order valence-corrected chi connectivity index (χ2v) is 11.7. The van der Waals surface area contributed by atoms with Crippen LogP contribution in [0.4, 0.5) is 5.69 Å². The van der Waals surface area contributed by atoms with Crippen LogP contribution < -0.4 is 21.5 Å². The summed E-state index contributed by atoms with van der Waals surface area (Å²) in [4.78, 5) is 53.3. The summed E-state index contributed by atoms with van der Waals surface area (Å²) in [6, 6.07) is 12.5. The number of likely N-dealkylation sites (tertiary alicyclic amines) is 1. The lowest BCUT2D eigenvalue weighted by molar-refractivity contribution is -0.136. The molecule has 4 heterocycles. The predicted octanol–water partition coefficient (Wildman–Crippen LogP) is 1.99. The molecule has 43 heavy (non-hydrogen) atoms. The fraction of sp³-hybridized carbons (Fsp3) is 0.438. The van der Waals surface area contributed by atoms with Crippen molar-refractivity contribution in [2.75, 3.05) is 31.1 Å². The number of hydrogen-bond donors (Lipinski definition) is 2. The van der Waals surface area contributed by atoms with Gasteiger partial charge in [0.2, 0.25) is 11.8 Å². The standard InChI is InChI=1S/C32H35N7O4/c33-30(41)23-6-4-21(5-7-23)2-1-3-22-12-16-37(17-13-22)24-14-18-38(19-15-24)25-8-9-27-26(20-25)32(43)39(36-35-27)28-10-11-29(40)34-31(28)42/h4-9,20,22,24,28H,3,10-19H2,(H2,33,41)(H,34,40,42). The molecule has 3 N–H and O–H groups in total. The van der Waals surface area contributed by atoms with Gasteiger partial charge in [-0.1, -0.05) is 17.1 Å². The molecule has 0 saturated carbocycles. The van der Waals surface area contributed by atoms with Crippen LogP contribution in [0, 0.1) is 17.8 Å². The van der Waals surface area contributed by atoms with Crippen molar-refractivity contribution >= 4 is 34.3 Å². The maximum Gasteiger partial charge on any atom is 0.278 e. The number of piperidine rings is 3. The molecule has 1 atom stereocenters. The molecule has 3 aliphatic heterocycles. The van der Waals surface area contributed by atoms with Gasteiger partial charge in [-0.3, -0.25) is 24.5 Å². The van der Waals surface area contributed by atoms with Gasteiger partial charge in [0, 0.05) is 48.8 Å². The molecule has 0 radical (unpaired) electrons. The number of amides is 3. The lowest BCUT2D eigenvalue weighted by atomic mass is 9.91. The van der Waals surface area contributed by atoms with Gasteiger partial charge in [0.25, 0.3) is 11.5 Å². The van der Waals surface area contributed by atoms with Gasteiger partial charge in [0.15, 0.2) is 0 Å². The first-order valence-electron chi connectivity index (χ1n) is 15.0. The highest BCUT2D eigenvalue weighted by Crippen LogP contribution is 2.28. The lowest BCUT2D eigenvalue weighted by Crippen LogP contribution is -2.47. The van der Waals surface area contributed by atoms with Gasteiger partial charge in [-0.05, 0) is 93.6 Å². The van der Waals surface area contributed by atoms with Gasteiger partial charge >= 0.3 is 0 Å². The second kappa shape index (κ2) is 12.4. The number of nitrogens with two attached hydrogens (primary N) is 1. The number of nitrogens with one attached hydrogen (secondary N) is 1. The molecule has 1 aromatic heterocycles. The summed E-state index contributed by atoms with van der Waals surface area (Å²) in [5.74, 6) is 5.84. The minimum Gasteiger partial charge on any atom is -0.371 e. The molecule has 3 saturated heterocycles. The van der Waals surface area contributed by atoms with Crippen LogP contribution in [0.3, 0.4) is 0 Å². The molecule has 0 spiro atoms. The van der Waals surface area contributed by atoms with E-state index in [4.69, 9.17) is 5.73 Å². The van der Waals surface area contributed by atoms with Crippen molar-refractivity contribution in [3.63, 3.8) is 0 Å². The minimum absolute atomic E-state index is 0.166. The summed E-state index contributed by atoms with van der Waals surface area (Å²) in [7, 11) is 0. The van der Waals surface area contributed by atoms with Crippen molar-refractivity contribution < 1.29 is 14.4 Å². The van der Waals surface area contributed by atoms with Gasteiger partial charge in [-0.2, -0.15) is 4.68 Å². The molecule has 222 valence electrons. The Kier molecular flexibility index (Phi) is 8.20. The molecule has 1 unspecified atom stereocenters. The zero-order chi connectivity index (χ0) is 29.9. The Bertz CT molecular complexity index is 1660. The van der Waals surface area contributed by atoms with E-state index >= 15 is 0 Å². The predicted molar refractivity (Wildman–Crippen MR) is 161 cm³/mol. The highest BCUT2D eigenvalue weighted by molar-refractivity contribution is 5.99. The third kappa shape index (κ3) is 6.29. The normalized spacial score (nSPS) is 20.5. The minimum atomic E-state index is -0.834. The van der Waals surface area contributed by atoms with E-state index in [1.807, 2.05) is 30.3 Å². The molecule has 3 fully saturated rings. The largest absolute Gasteiger partial charge is 0.371 e. The van der Waals surface area contributed by atoms with Gasteiger partial charge in [-0.15, -0.1) is 5.10 Å². The molecule has 3 aromatic rings. The molecule has 3 aliphatic rings. The number of imide groups is 1. The van der Waals surface area contributed by atoms with Crippen LogP contribution in [0.2, 0.25) is 0 Å². The third-order valence-corrected chi connectivity index (χ3v) is 8.96. The van der Waals surface area contributed by atoms with Gasteiger partial charge in [0.1, 0.15) is 11.6 Å². The van der Waals surface area contributed by atoms with Crippen LogP contribution in [0.15, 0.2) is 47.3 Å². The van der Waals surface area contributed by atoms with Crippen molar-refractivity contribution in [3.05, 3.63) is 63.9 Å². The number of carbonyl (C=O) groups excluding carboxylic acids is 3. The van der Waals surface area contributed by atoms with Crippen LogP contribution in [0.5, 0.6) is 0 Å². The van der Waals surface area contributed by atoms with Crippen LogP contribution in [-0.2, 0) is 9.59 Å². The van der Waals surface area contributed by atoms with Crippen LogP contribution in [0.1, 0.15) is 66.9 Å². The highest BCUT2D eigenvalue weighted by atomic mass is 16.2. The zero-order valence-corrected chi connectivity index (χ0v) is 24.0. The monoisotopic (exact) mass is 581 g/mol. The van der Waals surface area contributed by atoms with E-state index in [0.717, 1.165) is 74.2 Å². The van der Waals surface area contributed by atoms with Crippen molar-refractivity contribution in [2.45, 2.75) is 57.0 Å². The molecular weight excluding hydrogens is 546 g/mol. The van der Waals surface area contributed by atoms with E-state index < -0.39 is 17.9 Å². The second-order valence-electron chi connectivity index (χ2n) is 11.7. The number of aromatic nitrogens is 3. The average Bonchev–Trinajstić information content (AvgIpc) is 3.02. The Hall–Kier alpha value is -4.56. The molecular formula is C32H35N7O4. The van der Waals surface area contributed by atoms with Crippen molar-refractivity contribution in [2.24, 2.45) is 11.7 Å². The SMILES string of the molecule is NC(=O)c1ccc(C#CCC2CCN(C3CCN(c4ccc5nnn(C6CCC(=O)NC6=O)c(=O)c5c4)CC3)CC2)cc1. The van der Waals surface area contributed by atoms with E-state index in [0.29, 0.717) is 28.4 Å². The van der Waals surface area contributed by atoms with Gasteiger partial charge in [0.05, 0.1) is 5.39 Å². The zero-order valence-electron chi connectivity index (χ0n) is 24.0. The van der Waals surface area contributed by atoms with Crippen LogP contribution in [-0.4, -0.2) is 69.8 Å². The smallest absolute Gasteiger partial charge is 0.278 e. The molecule has 11 nitrogen and oxygen atoms in total. The Morgan fingerprint density at radius 1 is 0.953 bits per heavy atom. The molecule has 2 aromatic carbocycles. The molecule has 0 bridgehead atoms. The number of carbonyl (C=O) groups is 3. The molecule has 0 aliphatic carbocycles. The summed E-state index contributed by atoms with van der Waals surface area (Å²) >= 11 is 0. The maximum atomic E-state index is 13.3. The first kappa shape index (κ1) is 28.6. The number of anilines is 1. The van der Waals surface area contributed by atoms with Crippen molar-refractivity contribution in [3.8, 4) is 11.8 Å². The number of rotatable bonds is 5. The van der Waals surface area contributed by atoms with E-state index in [9.17, 15) is 19.2 Å². The first-order chi connectivity index (χ1) is 20.9. The molecule has 6 rings (SSSR count). The first-order valence-corrected chi connectivity index (χ1v) is 15.0. The number of fused-ring (bicyclic) bond motifs is 1. The molecule has 3 amide bonds. The summed E-state index contributed by atoms with van der Waals surface area (Å²) in [6.07, 6.45) is 5.66. The number of hydrogen-bond acceptors (Lipinski definition) is 8. The summed E-state index contributed by atoms with van der Waals surface area (Å²) in [6.45, 7) is 3.96. The Labute approximate surface area is 249 Å². The fourth-order valence-corrected chi connectivity index (χ4v) is 6.39. The van der Waals surface area contributed by atoms with E-state index in [2.05, 4.69) is 37.3 Å². The summed E-state index contributed by atoms with van der Waals surface area (Å²) in [5.41, 5.74) is 7.77. The van der Waals surface area contributed by atoms with Gasteiger partial charge < -0.3 is 15.5 Å². The lowest BCUT2D eigenvalue weighted by Gasteiger charge is -2.42. The summed E-state index contributed by atoms with van der Waals surface area (Å²) < 4.78 is 1.11. The Morgan fingerprint density at radius 3 is 2.40 bits per heavy atom. The Balaban J connectivity index is 1.02. The molecule has 11 heteroatoms. The van der Waals surface area contributed by atoms with Gasteiger partial charge in [-0.25, -0.2) is 0 Å². The van der Waals surface area contributed by atoms with E-state index in [-0.39, 0.29) is 24.3 Å².